The Bertz CT molecular complexity index is 1050. The number of para-hydroxylation sites is 1. The second kappa shape index (κ2) is 6.16. The fourth-order valence-electron chi connectivity index (χ4n) is 2.76. The van der Waals surface area contributed by atoms with E-state index >= 15 is 0 Å². The van der Waals surface area contributed by atoms with Gasteiger partial charge < -0.3 is 15.0 Å². The number of anilines is 1. The molecule has 0 atom stereocenters. The van der Waals surface area contributed by atoms with E-state index in [0.717, 1.165) is 16.5 Å². The van der Waals surface area contributed by atoms with Gasteiger partial charge in [-0.25, -0.2) is 0 Å². The molecular formula is C19H16N4O2. The molecule has 0 saturated carbocycles. The fraction of sp³-hybridized carbons (Fsp3) is 0.0526. The number of nitrogens with one attached hydrogen (secondary N) is 3. The molecule has 4 aromatic rings. The van der Waals surface area contributed by atoms with Crippen molar-refractivity contribution in [2.45, 2.75) is 0 Å². The number of H-pyrrole nitrogens is 2. The maximum Gasteiger partial charge on any atom is 0.273 e. The summed E-state index contributed by atoms with van der Waals surface area (Å²) in [6.45, 7) is 0. The lowest BCUT2D eigenvalue weighted by molar-refractivity contribution is 0.102. The first-order chi connectivity index (χ1) is 12.2. The van der Waals surface area contributed by atoms with Crippen molar-refractivity contribution in [2.75, 3.05) is 12.4 Å². The molecule has 6 nitrogen and oxygen atoms in total. The van der Waals surface area contributed by atoms with Crippen LogP contribution in [-0.4, -0.2) is 28.2 Å². The number of nitrogens with zero attached hydrogens (tertiary/aromatic N) is 1. The number of carbonyl (C=O) groups excluding carboxylic acids is 1. The van der Waals surface area contributed by atoms with Crippen LogP contribution in [-0.2, 0) is 0 Å². The standard InChI is InChI=1S/C19H16N4O2/c1-25-18-5-3-2-4-14(18)16-11-17(23-22-16)19(24)21-13-7-6-12-8-9-20-15(12)10-13/h2-11,20H,1H3,(H,21,24)(H,22,23). The number of carbonyl (C=O) groups is 1. The van der Waals surface area contributed by atoms with Crippen molar-refractivity contribution in [2.24, 2.45) is 0 Å². The van der Waals surface area contributed by atoms with Crippen LogP contribution < -0.4 is 10.1 Å². The molecule has 0 aliphatic heterocycles. The van der Waals surface area contributed by atoms with Gasteiger partial charge in [-0.15, -0.1) is 0 Å². The van der Waals surface area contributed by atoms with Crippen molar-refractivity contribution >= 4 is 22.5 Å². The van der Waals surface area contributed by atoms with Gasteiger partial charge in [0.15, 0.2) is 0 Å². The predicted molar refractivity (Wildman–Crippen MR) is 96.8 cm³/mol. The van der Waals surface area contributed by atoms with E-state index in [2.05, 4.69) is 20.5 Å². The topological polar surface area (TPSA) is 82.8 Å². The molecule has 3 N–H and O–H groups in total. The molecular weight excluding hydrogens is 316 g/mol. The molecule has 4 rings (SSSR count). The molecule has 0 unspecified atom stereocenters. The van der Waals surface area contributed by atoms with Gasteiger partial charge in [-0.1, -0.05) is 18.2 Å². The number of hydrogen-bond donors (Lipinski definition) is 3. The van der Waals surface area contributed by atoms with E-state index in [1.54, 1.807) is 13.2 Å². The quantitative estimate of drug-likeness (QED) is 0.531. The molecule has 0 fully saturated rings. The van der Waals surface area contributed by atoms with Crippen LogP contribution in [0.4, 0.5) is 5.69 Å². The smallest absolute Gasteiger partial charge is 0.273 e. The zero-order chi connectivity index (χ0) is 17.2. The maximum atomic E-state index is 12.5. The molecule has 25 heavy (non-hydrogen) atoms. The number of amides is 1. The highest BCUT2D eigenvalue weighted by Gasteiger charge is 2.14. The van der Waals surface area contributed by atoms with Crippen molar-refractivity contribution in [1.29, 1.82) is 0 Å². The molecule has 0 saturated heterocycles. The van der Waals surface area contributed by atoms with Crippen molar-refractivity contribution < 1.29 is 9.53 Å². The minimum absolute atomic E-state index is 0.250. The Balaban J connectivity index is 1.57. The molecule has 2 aromatic heterocycles. The highest BCUT2D eigenvalue weighted by atomic mass is 16.5. The molecule has 6 heteroatoms. The average molecular weight is 332 g/mol. The highest BCUT2D eigenvalue weighted by Crippen LogP contribution is 2.28. The summed E-state index contributed by atoms with van der Waals surface area (Å²) < 4.78 is 5.34. The summed E-state index contributed by atoms with van der Waals surface area (Å²) in [5, 5.41) is 11.0. The summed E-state index contributed by atoms with van der Waals surface area (Å²) in [7, 11) is 1.61. The van der Waals surface area contributed by atoms with Gasteiger partial charge in [-0.05, 0) is 41.8 Å². The molecule has 0 radical (unpaired) electrons. The van der Waals surface area contributed by atoms with Crippen molar-refractivity contribution in [3.63, 3.8) is 0 Å². The molecule has 2 heterocycles. The number of methoxy groups -OCH3 is 1. The Morgan fingerprint density at radius 1 is 1.12 bits per heavy atom. The van der Waals surface area contributed by atoms with E-state index in [4.69, 9.17) is 4.74 Å². The molecule has 2 aromatic carbocycles. The molecule has 0 spiro atoms. The summed E-state index contributed by atoms with van der Waals surface area (Å²) in [4.78, 5) is 15.6. The zero-order valence-corrected chi connectivity index (χ0v) is 13.5. The minimum Gasteiger partial charge on any atom is -0.496 e. The molecule has 0 aliphatic carbocycles. The third kappa shape index (κ3) is 2.85. The first kappa shape index (κ1) is 15.0. The second-order valence-electron chi connectivity index (χ2n) is 5.60. The van der Waals surface area contributed by atoms with Gasteiger partial charge in [-0.2, -0.15) is 5.10 Å². The third-order valence-electron chi connectivity index (χ3n) is 4.02. The minimum atomic E-state index is -0.250. The normalized spacial score (nSPS) is 10.8. The van der Waals surface area contributed by atoms with Crippen LogP contribution in [0, 0.1) is 0 Å². The third-order valence-corrected chi connectivity index (χ3v) is 4.02. The van der Waals surface area contributed by atoms with Crippen molar-refractivity contribution in [3.8, 4) is 17.0 Å². The van der Waals surface area contributed by atoms with E-state index in [1.807, 2.05) is 54.7 Å². The first-order valence-electron chi connectivity index (χ1n) is 7.82. The van der Waals surface area contributed by atoms with E-state index in [-0.39, 0.29) is 5.91 Å². The van der Waals surface area contributed by atoms with Gasteiger partial charge in [0.2, 0.25) is 0 Å². The van der Waals surface area contributed by atoms with E-state index in [9.17, 15) is 4.79 Å². The number of rotatable bonds is 4. The Morgan fingerprint density at radius 3 is 2.88 bits per heavy atom. The summed E-state index contributed by atoms with van der Waals surface area (Å²) in [6, 6.07) is 16.9. The summed E-state index contributed by atoms with van der Waals surface area (Å²) in [6.07, 6.45) is 1.87. The van der Waals surface area contributed by atoms with Crippen LogP contribution >= 0.6 is 0 Å². The van der Waals surface area contributed by atoms with Gasteiger partial charge in [0, 0.05) is 23.0 Å². The van der Waals surface area contributed by atoms with Crippen LogP contribution in [0.2, 0.25) is 0 Å². The summed E-state index contributed by atoms with van der Waals surface area (Å²) in [5.41, 5.74) is 3.55. The maximum absolute atomic E-state index is 12.5. The number of aromatic nitrogens is 3. The lowest BCUT2D eigenvalue weighted by Gasteiger charge is -2.04. The van der Waals surface area contributed by atoms with Gasteiger partial charge in [0.05, 0.1) is 12.8 Å². The zero-order valence-electron chi connectivity index (χ0n) is 13.5. The monoisotopic (exact) mass is 332 g/mol. The number of fused-ring (bicyclic) bond motifs is 1. The van der Waals surface area contributed by atoms with Crippen LogP contribution in [0.3, 0.4) is 0 Å². The van der Waals surface area contributed by atoms with Gasteiger partial charge in [0.1, 0.15) is 11.4 Å². The van der Waals surface area contributed by atoms with Gasteiger partial charge in [-0.3, -0.25) is 9.89 Å². The van der Waals surface area contributed by atoms with Crippen molar-refractivity contribution in [3.05, 3.63) is 66.5 Å². The number of benzene rings is 2. The van der Waals surface area contributed by atoms with Gasteiger partial charge in [0.25, 0.3) is 5.91 Å². The average Bonchev–Trinajstić information content (AvgIpc) is 3.30. The van der Waals surface area contributed by atoms with Crippen molar-refractivity contribution in [1.82, 2.24) is 15.2 Å². The number of aromatic amines is 2. The first-order valence-corrected chi connectivity index (χ1v) is 7.82. The van der Waals surface area contributed by atoms with E-state index in [1.165, 1.54) is 0 Å². The lowest BCUT2D eigenvalue weighted by atomic mass is 10.1. The molecule has 0 bridgehead atoms. The Morgan fingerprint density at radius 2 is 2.00 bits per heavy atom. The second-order valence-corrected chi connectivity index (χ2v) is 5.60. The molecule has 0 aliphatic rings. The summed E-state index contributed by atoms with van der Waals surface area (Å²) >= 11 is 0. The highest BCUT2D eigenvalue weighted by molar-refractivity contribution is 6.04. The Labute approximate surface area is 143 Å². The lowest BCUT2D eigenvalue weighted by Crippen LogP contribution is -2.12. The van der Waals surface area contributed by atoms with Crippen LogP contribution in [0.5, 0.6) is 5.75 Å². The Kier molecular flexibility index (Phi) is 3.70. The van der Waals surface area contributed by atoms with Crippen LogP contribution in [0.1, 0.15) is 10.5 Å². The van der Waals surface area contributed by atoms with E-state index < -0.39 is 0 Å². The predicted octanol–water partition coefficient (Wildman–Crippen LogP) is 3.82. The van der Waals surface area contributed by atoms with Crippen LogP contribution in [0.15, 0.2) is 60.8 Å². The van der Waals surface area contributed by atoms with E-state index in [0.29, 0.717) is 22.8 Å². The summed E-state index contributed by atoms with van der Waals surface area (Å²) in [5.74, 6) is 0.456. The number of hydrogen-bond acceptors (Lipinski definition) is 3. The molecule has 124 valence electrons. The fourth-order valence-corrected chi connectivity index (χ4v) is 2.76. The van der Waals surface area contributed by atoms with Gasteiger partial charge >= 0.3 is 0 Å². The number of ether oxygens (including phenoxy) is 1. The largest absolute Gasteiger partial charge is 0.496 e. The molecule has 1 amide bonds. The Hall–Kier alpha value is -3.54. The van der Waals surface area contributed by atoms with Crippen LogP contribution in [0.25, 0.3) is 22.2 Å². The SMILES string of the molecule is COc1ccccc1-c1cc(C(=O)Nc2ccc3cc[nH]c3c2)[nH]n1.